The Morgan fingerprint density at radius 1 is 1.08 bits per heavy atom. The second kappa shape index (κ2) is 7.21. The zero-order valence-corrected chi connectivity index (χ0v) is 16.9. The van der Waals surface area contributed by atoms with Gasteiger partial charge < -0.3 is 14.2 Å². The van der Waals surface area contributed by atoms with Gasteiger partial charge in [-0.15, -0.1) is 0 Å². The van der Waals surface area contributed by atoms with Crippen LogP contribution in [0, 0.1) is 17.8 Å². The van der Waals surface area contributed by atoms with Gasteiger partial charge in [0, 0.05) is 7.11 Å². The zero-order chi connectivity index (χ0) is 17.4. The van der Waals surface area contributed by atoms with E-state index >= 15 is 0 Å². The van der Waals surface area contributed by atoms with E-state index in [4.69, 9.17) is 14.2 Å². The van der Waals surface area contributed by atoms with Crippen LogP contribution in [0.4, 0.5) is 0 Å². The average Bonchev–Trinajstić information content (AvgIpc) is 2.55. The quantitative estimate of drug-likeness (QED) is 0.452. The van der Waals surface area contributed by atoms with Crippen LogP contribution >= 0.6 is 15.9 Å². The summed E-state index contributed by atoms with van der Waals surface area (Å²) in [5.41, 5.74) is 1.94. The number of methoxy groups -OCH3 is 1. The maximum atomic E-state index is 5.94. The molecular weight excluding hydrogens is 380 g/mol. The first-order valence-corrected chi connectivity index (χ1v) is 10.4. The van der Waals surface area contributed by atoms with Crippen molar-refractivity contribution in [3.63, 3.8) is 0 Å². The molecule has 1 unspecified atom stereocenters. The topological polar surface area (TPSA) is 27.7 Å². The fraction of sp³-hybridized carbons (Fsp3) is 0.714. The van der Waals surface area contributed by atoms with E-state index in [0.717, 1.165) is 28.0 Å². The summed E-state index contributed by atoms with van der Waals surface area (Å²) in [6, 6.07) is 6.73. The van der Waals surface area contributed by atoms with Crippen LogP contribution < -0.4 is 4.74 Å². The van der Waals surface area contributed by atoms with Crippen molar-refractivity contribution >= 4 is 15.9 Å². The molecule has 4 aliphatic rings. The van der Waals surface area contributed by atoms with Crippen LogP contribution in [0.1, 0.15) is 51.0 Å². The van der Waals surface area contributed by atoms with E-state index < -0.39 is 0 Å². The molecule has 0 radical (unpaired) electrons. The minimum atomic E-state index is -0.281. The van der Waals surface area contributed by atoms with Gasteiger partial charge in [-0.05, 0) is 102 Å². The standard InChI is InChI=1S/C21H29BrO3/c1-14(24-6-5-23-2)25-20-4-3-18(10-19(20)22)21-11-15-7-16(12-21)9-17(8-15)13-21/h3-4,10,14-17H,5-9,11-13H2,1-2H3. The maximum absolute atomic E-state index is 5.94. The molecule has 1 aromatic carbocycles. The number of rotatable bonds is 7. The van der Waals surface area contributed by atoms with Gasteiger partial charge in [-0.1, -0.05) is 6.07 Å². The molecule has 0 saturated heterocycles. The van der Waals surface area contributed by atoms with Crippen molar-refractivity contribution in [1.82, 2.24) is 0 Å². The first-order valence-electron chi connectivity index (χ1n) is 9.65. The Morgan fingerprint density at radius 2 is 1.72 bits per heavy atom. The van der Waals surface area contributed by atoms with Crippen LogP contribution in [0.3, 0.4) is 0 Å². The minimum Gasteiger partial charge on any atom is -0.464 e. The lowest BCUT2D eigenvalue weighted by Crippen LogP contribution is -2.48. The van der Waals surface area contributed by atoms with Crippen molar-refractivity contribution in [1.29, 1.82) is 0 Å². The summed E-state index contributed by atoms with van der Waals surface area (Å²) in [4.78, 5) is 0. The van der Waals surface area contributed by atoms with Gasteiger partial charge in [-0.25, -0.2) is 0 Å². The summed E-state index contributed by atoms with van der Waals surface area (Å²) in [5, 5.41) is 0. The molecule has 0 N–H and O–H groups in total. The molecule has 0 heterocycles. The Bertz CT molecular complexity index is 580. The monoisotopic (exact) mass is 408 g/mol. The van der Waals surface area contributed by atoms with Gasteiger partial charge in [-0.3, -0.25) is 0 Å². The Balaban J connectivity index is 1.47. The van der Waals surface area contributed by atoms with Crippen LogP contribution in [0.15, 0.2) is 22.7 Å². The largest absolute Gasteiger partial charge is 0.464 e. The summed E-state index contributed by atoms with van der Waals surface area (Å²) < 4.78 is 17.6. The van der Waals surface area contributed by atoms with E-state index in [9.17, 15) is 0 Å². The Kier molecular flexibility index (Phi) is 5.13. The van der Waals surface area contributed by atoms with Crippen LogP contribution in [-0.4, -0.2) is 26.6 Å². The highest BCUT2D eigenvalue weighted by atomic mass is 79.9. The summed E-state index contributed by atoms with van der Waals surface area (Å²) >= 11 is 3.73. The molecule has 1 aromatic rings. The van der Waals surface area contributed by atoms with Crippen molar-refractivity contribution in [3.05, 3.63) is 28.2 Å². The molecule has 4 fully saturated rings. The zero-order valence-electron chi connectivity index (χ0n) is 15.3. The van der Waals surface area contributed by atoms with E-state index in [0.29, 0.717) is 18.6 Å². The molecule has 4 heteroatoms. The van der Waals surface area contributed by atoms with Gasteiger partial charge >= 0.3 is 0 Å². The van der Waals surface area contributed by atoms with Crippen molar-refractivity contribution in [2.24, 2.45) is 17.8 Å². The summed E-state index contributed by atoms with van der Waals surface area (Å²) in [5.74, 6) is 3.76. The van der Waals surface area contributed by atoms with Crippen molar-refractivity contribution in [3.8, 4) is 5.75 Å². The van der Waals surface area contributed by atoms with Crippen molar-refractivity contribution in [2.75, 3.05) is 20.3 Å². The van der Waals surface area contributed by atoms with Crippen molar-refractivity contribution in [2.45, 2.75) is 57.2 Å². The molecule has 4 bridgehead atoms. The molecule has 5 rings (SSSR count). The Morgan fingerprint density at radius 3 is 2.28 bits per heavy atom. The number of benzene rings is 1. The highest BCUT2D eigenvalue weighted by Crippen LogP contribution is 2.61. The third-order valence-electron chi connectivity index (χ3n) is 6.52. The second-order valence-electron chi connectivity index (χ2n) is 8.39. The third kappa shape index (κ3) is 3.63. The molecule has 138 valence electrons. The molecular formula is C21H29BrO3. The van der Waals surface area contributed by atoms with Gasteiger partial charge in [0.2, 0.25) is 0 Å². The first-order chi connectivity index (χ1) is 12.1. The maximum Gasteiger partial charge on any atom is 0.197 e. The van der Waals surface area contributed by atoms with Crippen LogP contribution in [-0.2, 0) is 14.9 Å². The van der Waals surface area contributed by atoms with E-state index in [1.54, 1.807) is 7.11 Å². The molecule has 25 heavy (non-hydrogen) atoms. The fourth-order valence-electron chi connectivity index (χ4n) is 5.90. The van der Waals surface area contributed by atoms with E-state index in [1.807, 2.05) is 6.92 Å². The van der Waals surface area contributed by atoms with E-state index in [-0.39, 0.29) is 6.29 Å². The SMILES string of the molecule is COCCOC(C)Oc1ccc(C23CC4CC(CC(C4)C2)C3)cc1Br. The number of hydrogen-bond donors (Lipinski definition) is 0. The van der Waals surface area contributed by atoms with E-state index in [2.05, 4.69) is 34.1 Å². The lowest BCUT2D eigenvalue weighted by Gasteiger charge is -2.57. The molecule has 4 saturated carbocycles. The van der Waals surface area contributed by atoms with Crippen molar-refractivity contribution < 1.29 is 14.2 Å². The van der Waals surface area contributed by atoms with Crippen LogP contribution in [0.2, 0.25) is 0 Å². The van der Waals surface area contributed by atoms with Crippen LogP contribution in [0.25, 0.3) is 0 Å². The summed E-state index contributed by atoms with van der Waals surface area (Å²) in [6.07, 6.45) is 8.34. The molecule has 0 aromatic heterocycles. The van der Waals surface area contributed by atoms with Gasteiger partial charge in [0.1, 0.15) is 5.75 Å². The number of hydrogen-bond acceptors (Lipinski definition) is 3. The predicted octanol–water partition coefficient (Wildman–Crippen LogP) is 5.30. The third-order valence-corrected chi connectivity index (χ3v) is 7.14. The first kappa shape index (κ1) is 17.8. The average molecular weight is 409 g/mol. The summed E-state index contributed by atoms with van der Waals surface area (Å²) in [7, 11) is 1.68. The van der Waals surface area contributed by atoms with Gasteiger partial charge in [-0.2, -0.15) is 0 Å². The minimum absolute atomic E-state index is 0.281. The van der Waals surface area contributed by atoms with E-state index in [1.165, 1.54) is 44.1 Å². The molecule has 1 atom stereocenters. The summed E-state index contributed by atoms with van der Waals surface area (Å²) in [6.45, 7) is 3.05. The Hall–Kier alpha value is -0.580. The van der Waals surface area contributed by atoms with Gasteiger partial charge in [0.15, 0.2) is 6.29 Å². The molecule has 0 spiro atoms. The normalized spacial score (nSPS) is 34.3. The van der Waals surface area contributed by atoms with Gasteiger partial charge in [0.25, 0.3) is 0 Å². The Labute approximate surface area is 159 Å². The fourth-order valence-corrected chi connectivity index (χ4v) is 6.37. The molecule has 0 amide bonds. The smallest absolute Gasteiger partial charge is 0.197 e. The molecule has 4 aliphatic carbocycles. The number of halogens is 1. The highest BCUT2D eigenvalue weighted by molar-refractivity contribution is 9.10. The predicted molar refractivity (Wildman–Crippen MR) is 102 cm³/mol. The second-order valence-corrected chi connectivity index (χ2v) is 9.25. The lowest BCUT2D eigenvalue weighted by atomic mass is 9.48. The van der Waals surface area contributed by atoms with Gasteiger partial charge in [0.05, 0.1) is 17.7 Å². The molecule has 3 nitrogen and oxygen atoms in total. The molecule has 0 aliphatic heterocycles. The lowest BCUT2D eigenvalue weighted by molar-refractivity contribution is -0.0799. The van der Waals surface area contributed by atoms with Crippen LogP contribution in [0.5, 0.6) is 5.75 Å². The number of ether oxygens (including phenoxy) is 3. The highest BCUT2D eigenvalue weighted by Gasteiger charge is 2.51.